The fourth-order valence-electron chi connectivity index (χ4n) is 2.41. The Labute approximate surface area is 103 Å². The molecule has 96 valence electrons. The highest BCUT2D eigenvalue weighted by Crippen LogP contribution is 2.34. The number of hydrogen-bond acceptors (Lipinski definition) is 3. The summed E-state index contributed by atoms with van der Waals surface area (Å²) in [4.78, 5) is 22.4. The number of esters is 1. The van der Waals surface area contributed by atoms with Gasteiger partial charge in [-0.05, 0) is 31.6 Å². The van der Waals surface area contributed by atoms with Crippen molar-refractivity contribution >= 4 is 11.8 Å². The smallest absolute Gasteiger partial charge is 0.302 e. The summed E-state index contributed by atoms with van der Waals surface area (Å²) in [7, 11) is 0. The van der Waals surface area contributed by atoms with Crippen molar-refractivity contribution in [2.24, 2.45) is 11.8 Å². The first-order valence-electron chi connectivity index (χ1n) is 6.46. The van der Waals surface area contributed by atoms with Gasteiger partial charge in [-0.15, -0.1) is 0 Å². The fourth-order valence-corrected chi connectivity index (χ4v) is 2.41. The van der Waals surface area contributed by atoms with E-state index in [4.69, 9.17) is 4.74 Å². The zero-order valence-corrected chi connectivity index (χ0v) is 10.8. The summed E-state index contributed by atoms with van der Waals surface area (Å²) in [6, 6.07) is 0. The molecule has 17 heavy (non-hydrogen) atoms. The molecule has 1 aliphatic carbocycles. The second-order valence-corrected chi connectivity index (χ2v) is 4.62. The van der Waals surface area contributed by atoms with E-state index in [1.807, 2.05) is 0 Å². The molecule has 1 rings (SSSR count). The predicted molar refractivity (Wildman–Crippen MR) is 66.5 cm³/mol. The van der Waals surface area contributed by atoms with Crippen LogP contribution in [0.3, 0.4) is 0 Å². The van der Waals surface area contributed by atoms with Crippen molar-refractivity contribution in [1.82, 2.24) is 0 Å². The average molecular weight is 238 g/mol. The molecule has 0 heterocycles. The lowest BCUT2D eigenvalue weighted by Gasteiger charge is -2.16. The highest BCUT2D eigenvalue weighted by molar-refractivity contribution is 5.83. The molecule has 3 nitrogen and oxygen atoms in total. The number of ketones is 1. The largest absolute Gasteiger partial charge is 0.466 e. The highest BCUT2D eigenvalue weighted by atomic mass is 16.5. The van der Waals surface area contributed by atoms with Crippen molar-refractivity contribution in [2.45, 2.75) is 46.0 Å². The standard InChI is InChI=1S/C14H22O3/c1-3-4-5-6-13-12(7-8-14(13)16)9-10-17-11(2)15/h4-5,12-13H,3,6-10H2,1-2H3/b5-4-. The van der Waals surface area contributed by atoms with Gasteiger partial charge < -0.3 is 4.74 Å². The van der Waals surface area contributed by atoms with Crippen LogP contribution in [0.25, 0.3) is 0 Å². The van der Waals surface area contributed by atoms with Gasteiger partial charge in [0.05, 0.1) is 6.61 Å². The summed E-state index contributed by atoms with van der Waals surface area (Å²) in [5.74, 6) is 0.673. The first kappa shape index (κ1) is 13.9. The predicted octanol–water partition coefficient (Wildman–Crippen LogP) is 2.89. The number of ether oxygens (including phenoxy) is 1. The minimum absolute atomic E-state index is 0.147. The van der Waals surface area contributed by atoms with Crippen molar-refractivity contribution < 1.29 is 14.3 Å². The zero-order valence-electron chi connectivity index (χ0n) is 10.8. The van der Waals surface area contributed by atoms with Crippen molar-refractivity contribution in [3.05, 3.63) is 12.2 Å². The molecule has 0 aliphatic heterocycles. The second kappa shape index (κ2) is 7.25. The van der Waals surface area contributed by atoms with Gasteiger partial charge in [0.2, 0.25) is 0 Å². The van der Waals surface area contributed by atoms with Crippen molar-refractivity contribution in [3.63, 3.8) is 0 Å². The Morgan fingerprint density at radius 1 is 1.47 bits per heavy atom. The first-order chi connectivity index (χ1) is 8.15. The third-order valence-corrected chi connectivity index (χ3v) is 3.33. The lowest BCUT2D eigenvalue weighted by atomic mass is 9.90. The summed E-state index contributed by atoms with van der Waals surface area (Å²) < 4.78 is 4.94. The fraction of sp³-hybridized carbons (Fsp3) is 0.714. The van der Waals surface area contributed by atoms with Gasteiger partial charge in [-0.25, -0.2) is 0 Å². The molecule has 1 aliphatic rings. The molecule has 0 aromatic heterocycles. The van der Waals surface area contributed by atoms with Gasteiger partial charge in [0.1, 0.15) is 5.78 Å². The maximum absolute atomic E-state index is 11.7. The van der Waals surface area contributed by atoms with Gasteiger partial charge in [-0.1, -0.05) is 19.1 Å². The number of carbonyl (C=O) groups excluding carboxylic acids is 2. The Balaban J connectivity index is 2.38. The van der Waals surface area contributed by atoms with E-state index in [1.54, 1.807) is 0 Å². The third kappa shape index (κ3) is 4.72. The van der Waals surface area contributed by atoms with E-state index in [9.17, 15) is 9.59 Å². The molecule has 0 aromatic rings. The maximum atomic E-state index is 11.7. The molecule has 2 atom stereocenters. The van der Waals surface area contributed by atoms with Crippen molar-refractivity contribution in [1.29, 1.82) is 0 Å². The molecule has 0 amide bonds. The summed E-state index contributed by atoms with van der Waals surface area (Å²) in [6.07, 6.45) is 8.52. The molecule has 0 radical (unpaired) electrons. The minimum Gasteiger partial charge on any atom is -0.466 e. The Morgan fingerprint density at radius 2 is 2.24 bits per heavy atom. The van der Waals surface area contributed by atoms with E-state index in [1.165, 1.54) is 6.92 Å². The SMILES string of the molecule is CC/C=C\CC1C(=O)CCC1CCOC(C)=O. The van der Waals surface area contributed by atoms with Gasteiger partial charge in [0, 0.05) is 19.3 Å². The summed E-state index contributed by atoms with van der Waals surface area (Å²) in [5.41, 5.74) is 0. The van der Waals surface area contributed by atoms with E-state index >= 15 is 0 Å². The van der Waals surface area contributed by atoms with E-state index in [2.05, 4.69) is 19.1 Å². The highest BCUT2D eigenvalue weighted by Gasteiger charge is 2.33. The molecule has 3 heteroatoms. The molecule has 1 fully saturated rings. The summed E-state index contributed by atoms with van der Waals surface area (Å²) in [5, 5.41) is 0. The van der Waals surface area contributed by atoms with Gasteiger partial charge >= 0.3 is 5.97 Å². The van der Waals surface area contributed by atoms with E-state index in [0.717, 1.165) is 25.7 Å². The van der Waals surface area contributed by atoms with Crippen LogP contribution < -0.4 is 0 Å². The normalized spacial score (nSPS) is 24.5. The second-order valence-electron chi connectivity index (χ2n) is 4.62. The molecule has 0 N–H and O–H groups in total. The number of rotatable bonds is 6. The molecule has 0 bridgehead atoms. The number of Topliss-reactive ketones (excluding diaryl/α,β-unsaturated/α-hetero) is 1. The molecular weight excluding hydrogens is 216 g/mol. The van der Waals surface area contributed by atoms with Crippen LogP contribution in [0.4, 0.5) is 0 Å². The topological polar surface area (TPSA) is 43.4 Å². The first-order valence-corrected chi connectivity index (χ1v) is 6.46. The van der Waals surface area contributed by atoms with Crippen molar-refractivity contribution in [2.75, 3.05) is 6.61 Å². The quantitative estimate of drug-likeness (QED) is 0.528. The van der Waals surface area contributed by atoms with Gasteiger partial charge in [0.15, 0.2) is 0 Å². The van der Waals surface area contributed by atoms with Crippen LogP contribution in [0.2, 0.25) is 0 Å². The molecule has 0 spiro atoms. The van der Waals surface area contributed by atoms with Crippen LogP contribution in [-0.2, 0) is 14.3 Å². The Bertz CT molecular complexity index is 294. The van der Waals surface area contributed by atoms with Crippen LogP contribution in [0.1, 0.15) is 46.0 Å². The number of allylic oxidation sites excluding steroid dienone is 2. The van der Waals surface area contributed by atoms with Gasteiger partial charge in [-0.3, -0.25) is 9.59 Å². The Hall–Kier alpha value is -1.12. The van der Waals surface area contributed by atoms with Crippen LogP contribution in [0, 0.1) is 11.8 Å². The third-order valence-electron chi connectivity index (χ3n) is 3.33. The summed E-state index contributed by atoms with van der Waals surface area (Å²) in [6.45, 7) is 3.95. The summed E-state index contributed by atoms with van der Waals surface area (Å²) >= 11 is 0. The Kier molecular flexibility index (Phi) is 5.95. The minimum atomic E-state index is -0.239. The Morgan fingerprint density at radius 3 is 2.88 bits per heavy atom. The number of hydrogen-bond donors (Lipinski definition) is 0. The molecular formula is C14H22O3. The maximum Gasteiger partial charge on any atom is 0.302 e. The average Bonchev–Trinajstić information content (AvgIpc) is 2.61. The van der Waals surface area contributed by atoms with Crippen molar-refractivity contribution in [3.8, 4) is 0 Å². The molecule has 2 unspecified atom stereocenters. The van der Waals surface area contributed by atoms with Crippen LogP contribution in [0.15, 0.2) is 12.2 Å². The monoisotopic (exact) mass is 238 g/mol. The zero-order chi connectivity index (χ0) is 12.7. The van der Waals surface area contributed by atoms with Crippen LogP contribution in [0.5, 0.6) is 0 Å². The number of carbonyl (C=O) groups is 2. The molecule has 0 aromatic carbocycles. The van der Waals surface area contributed by atoms with Crippen LogP contribution >= 0.6 is 0 Å². The lowest BCUT2D eigenvalue weighted by Crippen LogP contribution is -2.16. The van der Waals surface area contributed by atoms with Crippen LogP contribution in [-0.4, -0.2) is 18.4 Å². The lowest BCUT2D eigenvalue weighted by molar-refractivity contribution is -0.141. The molecule has 1 saturated carbocycles. The molecule has 0 saturated heterocycles. The van der Waals surface area contributed by atoms with E-state index < -0.39 is 0 Å². The van der Waals surface area contributed by atoms with E-state index in [0.29, 0.717) is 24.7 Å². The van der Waals surface area contributed by atoms with Gasteiger partial charge in [-0.2, -0.15) is 0 Å². The van der Waals surface area contributed by atoms with Gasteiger partial charge in [0.25, 0.3) is 0 Å². The van der Waals surface area contributed by atoms with E-state index in [-0.39, 0.29) is 11.9 Å².